The molecule has 5 nitrogen and oxygen atoms in total. The first-order valence-corrected chi connectivity index (χ1v) is 8.50. The molecule has 0 unspecified atom stereocenters. The van der Waals surface area contributed by atoms with Gasteiger partial charge >= 0.3 is 0 Å². The van der Waals surface area contributed by atoms with Crippen LogP contribution in [0.2, 0.25) is 5.02 Å². The second kappa shape index (κ2) is 6.78. The Morgan fingerprint density at radius 3 is 2.38 bits per heavy atom. The van der Waals surface area contributed by atoms with E-state index >= 15 is 0 Å². The Balaban J connectivity index is 1.73. The molecule has 0 aliphatic carbocycles. The molecule has 3 aromatic carbocycles. The van der Waals surface area contributed by atoms with Gasteiger partial charge < -0.3 is 10.1 Å². The Kier molecular flexibility index (Phi) is 4.32. The molecule has 4 rings (SSSR count). The van der Waals surface area contributed by atoms with Crippen LogP contribution in [0.5, 0.6) is 0 Å². The van der Waals surface area contributed by atoms with Crippen molar-refractivity contribution >= 4 is 23.0 Å². The highest BCUT2D eigenvalue weighted by molar-refractivity contribution is 6.30. The van der Waals surface area contributed by atoms with Crippen LogP contribution in [-0.2, 0) is 4.74 Å². The standard InChI is InChI=1S/C20H15ClN2O3/c21-15-8-11-18-17(12-15)19(13-4-2-1-3-5-13)26-20(22-18)14-6-9-16(10-7-14)23(24)25/h1-12,19-20,22H/t19-,20+/m1/s1. The summed E-state index contributed by atoms with van der Waals surface area (Å²) in [7, 11) is 0. The largest absolute Gasteiger partial charge is 0.356 e. The summed E-state index contributed by atoms with van der Waals surface area (Å²) in [5.74, 6) is 0. The zero-order chi connectivity index (χ0) is 18.1. The van der Waals surface area contributed by atoms with Crippen LogP contribution in [-0.4, -0.2) is 4.92 Å². The highest BCUT2D eigenvalue weighted by Gasteiger charge is 2.29. The second-order valence-electron chi connectivity index (χ2n) is 6.03. The van der Waals surface area contributed by atoms with Crippen molar-refractivity contribution < 1.29 is 9.66 Å². The molecular weight excluding hydrogens is 352 g/mol. The van der Waals surface area contributed by atoms with Crippen LogP contribution in [0.1, 0.15) is 29.0 Å². The van der Waals surface area contributed by atoms with Gasteiger partial charge in [-0.2, -0.15) is 0 Å². The Bertz CT molecular complexity index is 945. The fourth-order valence-corrected chi connectivity index (χ4v) is 3.27. The van der Waals surface area contributed by atoms with Crippen LogP contribution in [0.15, 0.2) is 72.8 Å². The van der Waals surface area contributed by atoms with E-state index in [2.05, 4.69) is 5.32 Å². The number of hydrogen-bond donors (Lipinski definition) is 1. The van der Waals surface area contributed by atoms with Crippen molar-refractivity contribution in [1.82, 2.24) is 0 Å². The topological polar surface area (TPSA) is 64.4 Å². The zero-order valence-electron chi connectivity index (χ0n) is 13.6. The number of fused-ring (bicyclic) bond motifs is 1. The van der Waals surface area contributed by atoms with Crippen LogP contribution in [0.25, 0.3) is 0 Å². The van der Waals surface area contributed by atoms with Crippen LogP contribution in [0, 0.1) is 10.1 Å². The number of non-ortho nitro benzene ring substituents is 1. The maximum absolute atomic E-state index is 10.9. The first kappa shape index (κ1) is 16.6. The van der Waals surface area contributed by atoms with Crippen molar-refractivity contribution in [3.63, 3.8) is 0 Å². The third kappa shape index (κ3) is 3.14. The molecule has 0 bridgehead atoms. The SMILES string of the molecule is O=[N+]([O-])c1ccc([C@H]2Nc3ccc(Cl)cc3[C@@H](c3ccccc3)O2)cc1. The zero-order valence-corrected chi connectivity index (χ0v) is 14.4. The van der Waals surface area contributed by atoms with Gasteiger partial charge in [-0.15, -0.1) is 0 Å². The van der Waals surface area contributed by atoms with Crippen molar-refractivity contribution in [1.29, 1.82) is 0 Å². The molecule has 1 heterocycles. The fourth-order valence-electron chi connectivity index (χ4n) is 3.09. The molecule has 1 aliphatic heterocycles. The van der Waals surface area contributed by atoms with E-state index in [1.807, 2.05) is 48.5 Å². The van der Waals surface area contributed by atoms with Gasteiger partial charge in [0.1, 0.15) is 6.10 Å². The summed E-state index contributed by atoms with van der Waals surface area (Å²) in [5.41, 5.74) is 3.78. The van der Waals surface area contributed by atoms with Crippen LogP contribution in [0.3, 0.4) is 0 Å². The summed E-state index contributed by atoms with van der Waals surface area (Å²) in [5, 5.41) is 14.8. The Labute approximate surface area is 155 Å². The number of anilines is 1. The number of nitrogens with zero attached hydrogens (tertiary/aromatic N) is 1. The molecule has 0 saturated heterocycles. The maximum atomic E-state index is 10.9. The average molecular weight is 367 g/mol. The normalized spacial score (nSPS) is 18.7. The number of benzene rings is 3. The first-order chi connectivity index (χ1) is 12.6. The van der Waals surface area contributed by atoms with Gasteiger partial charge in [0.25, 0.3) is 5.69 Å². The second-order valence-corrected chi connectivity index (χ2v) is 6.47. The van der Waals surface area contributed by atoms with Gasteiger partial charge in [-0.1, -0.05) is 41.9 Å². The van der Waals surface area contributed by atoms with Crippen molar-refractivity contribution in [2.45, 2.75) is 12.3 Å². The lowest BCUT2D eigenvalue weighted by Gasteiger charge is -2.34. The van der Waals surface area contributed by atoms with E-state index in [9.17, 15) is 10.1 Å². The van der Waals surface area contributed by atoms with E-state index in [-0.39, 0.29) is 11.8 Å². The van der Waals surface area contributed by atoms with Gasteiger partial charge in [-0.05, 0) is 35.9 Å². The van der Waals surface area contributed by atoms with Crippen molar-refractivity contribution in [2.24, 2.45) is 0 Å². The third-order valence-electron chi connectivity index (χ3n) is 4.36. The van der Waals surface area contributed by atoms with Gasteiger partial charge in [-0.3, -0.25) is 10.1 Å². The molecule has 0 amide bonds. The van der Waals surface area contributed by atoms with E-state index < -0.39 is 11.2 Å². The van der Waals surface area contributed by atoms with Gasteiger partial charge in [0.2, 0.25) is 0 Å². The van der Waals surface area contributed by atoms with Crippen LogP contribution in [0.4, 0.5) is 11.4 Å². The summed E-state index contributed by atoms with van der Waals surface area (Å²) in [6.45, 7) is 0. The lowest BCUT2D eigenvalue weighted by Crippen LogP contribution is -2.25. The van der Waals surface area contributed by atoms with Crippen molar-refractivity contribution in [3.05, 3.63) is 105 Å². The van der Waals surface area contributed by atoms with E-state index in [0.717, 1.165) is 22.4 Å². The number of nitro benzene ring substituents is 1. The smallest absolute Gasteiger partial charge is 0.269 e. The molecule has 0 aromatic heterocycles. The third-order valence-corrected chi connectivity index (χ3v) is 4.60. The lowest BCUT2D eigenvalue weighted by atomic mass is 9.97. The highest BCUT2D eigenvalue weighted by atomic mass is 35.5. The minimum Gasteiger partial charge on any atom is -0.356 e. The molecule has 2 atom stereocenters. The number of hydrogen-bond acceptors (Lipinski definition) is 4. The molecule has 26 heavy (non-hydrogen) atoms. The van der Waals surface area contributed by atoms with Crippen molar-refractivity contribution in [3.8, 4) is 0 Å². The van der Waals surface area contributed by atoms with E-state index in [1.54, 1.807) is 12.1 Å². The highest BCUT2D eigenvalue weighted by Crippen LogP contribution is 2.42. The molecule has 0 saturated carbocycles. The monoisotopic (exact) mass is 366 g/mol. The predicted octanol–water partition coefficient (Wildman–Crippen LogP) is 5.48. The van der Waals surface area contributed by atoms with Crippen LogP contribution >= 0.6 is 11.6 Å². The van der Waals surface area contributed by atoms with E-state index in [0.29, 0.717) is 5.02 Å². The molecular formula is C20H15ClN2O3. The maximum Gasteiger partial charge on any atom is 0.269 e. The fraction of sp³-hybridized carbons (Fsp3) is 0.100. The van der Waals surface area contributed by atoms with Gasteiger partial charge in [0.05, 0.1) is 4.92 Å². The molecule has 0 fully saturated rings. The summed E-state index contributed by atoms with van der Waals surface area (Å²) in [6.07, 6.45) is -0.707. The number of rotatable bonds is 3. The Morgan fingerprint density at radius 2 is 1.69 bits per heavy atom. The van der Waals surface area contributed by atoms with Gasteiger partial charge in [0, 0.05) is 34.0 Å². The molecule has 1 N–H and O–H groups in total. The predicted molar refractivity (Wildman–Crippen MR) is 100 cm³/mol. The van der Waals surface area contributed by atoms with Gasteiger partial charge in [0.15, 0.2) is 6.23 Å². The number of halogens is 1. The number of nitrogens with one attached hydrogen (secondary N) is 1. The molecule has 0 radical (unpaired) electrons. The summed E-state index contributed by atoms with van der Waals surface area (Å²) < 4.78 is 6.30. The minimum atomic E-state index is -0.422. The molecule has 3 aromatic rings. The van der Waals surface area contributed by atoms with E-state index in [4.69, 9.17) is 16.3 Å². The number of nitro groups is 1. The Morgan fingerprint density at radius 1 is 0.962 bits per heavy atom. The molecule has 6 heteroatoms. The Hall–Kier alpha value is -2.89. The minimum absolute atomic E-state index is 0.0522. The molecule has 1 aliphatic rings. The number of ether oxygens (including phenoxy) is 1. The van der Waals surface area contributed by atoms with Crippen molar-refractivity contribution in [2.75, 3.05) is 5.32 Å². The van der Waals surface area contributed by atoms with Gasteiger partial charge in [-0.25, -0.2) is 0 Å². The summed E-state index contributed by atoms with van der Waals surface area (Å²) in [4.78, 5) is 10.5. The lowest BCUT2D eigenvalue weighted by molar-refractivity contribution is -0.384. The summed E-state index contributed by atoms with van der Waals surface area (Å²) >= 11 is 6.18. The first-order valence-electron chi connectivity index (χ1n) is 8.12. The van der Waals surface area contributed by atoms with Crippen LogP contribution < -0.4 is 5.32 Å². The summed E-state index contributed by atoms with van der Waals surface area (Å²) in [6, 6.07) is 21.9. The quantitative estimate of drug-likeness (QED) is 0.492. The molecule has 130 valence electrons. The average Bonchev–Trinajstić information content (AvgIpc) is 2.68. The van der Waals surface area contributed by atoms with E-state index in [1.165, 1.54) is 12.1 Å². The molecule has 0 spiro atoms.